The molecule has 61 heavy (non-hydrogen) atoms. The Morgan fingerprint density at radius 3 is 1.05 bits per heavy atom. The summed E-state index contributed by atoms with van der Waals surface area (Å²) in [5.74, 6) is 2.43. The first kappa shape index (κ1) is 52.1. The molecule has 0 bridgehead atoms. The molecular formula is C45H69NO15. The number of carbonyl (C=O) groups excluding carboxylic acids is 1. The molecule has 2 aromatic rings. The van der Waals surface area contributed by atoms with Gasteiger partial charge < -0.3 is 71.2 Å². The van der Waals surface area contributed by atoms with E-state index in [2.05, 4.69) is 30.2 Å². The summed E-state index contributed by atoms with van der Waals surface area (Å²) in [6, 6.07) is 16.6. The molecular weight excluding hydrogens is 794 g/mol. The first-order valence-electron chi connectivity index (χ1n) is 21.2. The zero-order chi connectivity index (χ0) is 43.1. The number of hydrogen-bond donors (Lipinski definition) is 0. The number of likely N-dealkylation sites (N-methyl/N-ethyl adjacent to an activating group) is 1. The zero-order valence-corrected chi connectivity index (χ0v) is 36.1. The van der Waals surface area contributed by atoms with E-state index in [1.165, 1.54) is 27.2 Å². The Morgan fingerprint density at radius 2 is 0.738 bits per heavy atom. The number of fused-ring (bicyclic) bond motifs is 3. The van der Waals surface area contributed by atoms with Crippen molar-refractivity contribution in [1.29, 1.82) is 0 Å². The van der Waals surface area contributed by atoms with Crippen molar-refractivity contribution in [3.8, 4) is 23.5 Å². The third-order valence-corrected chi connectivity index (χ3v) is 8.87. The molecule has 0 fully saturated rings. The van der Waals surface area contributed by atoms with Gasteiger partial charge in [-0.3, -0.25) is 0 Å². The van der Waals surface area contributed by atoms with Crippen LogP contribution in [0.15, 0.2) is 48.5 Å². The van der Waals surface area contributed by atoms with Crippen LogP contribution in [-0.2, 0) is 66.3 Å². The number of benzene rings is 2. The van der Waals surface area contributed by atoms with Crippen LogP contribution in [0.5, 0.6) is 0 Å². The SMILES string of the molecule is C#CCOCCOCCOCCOCCOCCOCCOCCOCCOCCOCCOCCOCCOCCN(C)C(=O)OCC1c2ccccc2-c2ccccc21. The molecule has 0 saturated heterocycles. The molecule has 0 radical (unpaired) electrons. The summed E-state index contributed by atoms with van der Waals surface area (Å²) in [5.41, 5.74) is 4.79. The highest BCUT2D eigenvalue weighted by atomic mass is 16.6. The molecule has 16 heteroatoms. The highest BCUT2D eigenvalue weighted by Crippen LogP contribution is 2.44. The van der Waals surface area contributed by atoms with Gasteiger partial charge in [0.1, 0.15) is 13.2 Å². The minimum Gasteiger partial charge on any atom is -0.448 e. The Labute approximate surface area is 362 Å². The van der Waals surface area contributed by atoms with Crippen molar-refractivity contribution in [2.24, 2.45) is 0 Å². The predicted molar refractivity (Wildman–Crippen MR) is 227 cm³/mol. The second-order valence-electron chi connectivity index (χ2n) is 13.3. The van der Waals surface area contributed by atoms with E-state index >= 15 is 0 Å². The number of hydrogen-bond acceptors (Lipinski definition) is 15. The number of carbonyl (C=O) groups is 1. The number of rotatable bonds is 42. The van der Waals surface area contributed by atoms with E-state index in [1.807, 2.05) is 24.3 Å². The second kappa shape index (κ2) is 37.3. The Morgan fingerprint density at radius 1 is 0.459 bits per heavy atom. The van der Waals surface area contributed by atoms with E-state index in [-0.39, 0.29) is 12.0 Å². The van der Waals surface area contributed by atoms with Crippen molar-refractivity contribution >= 4 is 6.09 Å². The molecule has 0 atom stereocenters. The van der Waals surface area contributed by atoms with E-state index in [0.717, 1.165) is 0 Å². The Bertz CT molecular complexity index is 1350. The third kappa shape index (κ3) is 25.5. The highest BCUT2D eigenvalue weighted by Gasteiger charge is 2.29. The molecule has 0 unspecified atom stereocenters. The Balaban J connectivity index is 0.936. The normalized spacial score (nSPS) is 12.1. The van der Waals surface area contributed by atoms with Gasteiger partial charge in [0, 0.05) is 19.5 Å². The van der Waals surface area contributed by atoms with Gasteiger partial charge in [-0.25, -0.2) is 4.79 Å². The second-order valence-corrected chi connectivity index (χ2v) is 13.3. The van der Waals surface area contributed by atoms with Crippen molar-refractivity contribution in [2.45, 2.75) is 5.92 Å². The van der Waals surface area contributed by atoms with Crippen molar-refractivity contribution < 1.29 is 71.1 Å². The minimum absolute atomic E-state index is 0.0348. The summed E-state index contributed by atoms with van der Waals surface area (Å²) in [7, 11) is 1.71. The molecule has 1 amide bonds. The van der Waals surface area contributed by atoms with Gasteiger partial charge in [0.05, 0.1) is 165 Å². The van der Waals surface area contributed by atoms with E-state index in [4.69, 9.17) is 72.7 Å². The third-order valence-electron chi connectivity index (χ3n) is 8.87. The minimum atomic E-state index is -0.367. The lowest BCUT2D eigenvalue weighted by atomic mass is 9.98. The summed E-state index contributed by atoms with van der Waals surface area (Å²) in [6.07, 6.45) is 4.72. The Hall–Kier alpha value is -3.25. The maximum atomic E-state index is 12.6. The van der Waals surface area contributed by atoms with Gasteiger partial charge in [-0.1, -0.05) is 54.5 Å². The summed E-state index contributed by atoms with van der Waals surface area (Å²) in [6.45, 7) is 13.0. The van der Waals surface area contributed by atoms with Gasteiger partial charge in [-0.05, 0) is 22.3 Å². The lowest BCUT2D eigenvalue weighted by Crippen LogP contribution is -2.32. The largest absolute Gasteiger partial charge is 0.448 e. The average Bonchev–Trinajstić information content (AvgIpc) is 3.60. The fourth-order valence-corrected chi connectivity index (χ4v) is 5.77. The topological polar surface area (TPSA) is 150 Å². The van der Waals surface area contributed by atoms with Gasteiger partial charge >= 0.3 is 6.09 Å². The van der Waals surface area contributed by atoms with E-state index in [1.54, 1.807) is 7.05 Å². The molecule has 344 valence electrons. The first-order valence-corrected chi connectivity index (χ1v) is 21.2. The fraction of sp³-hybridized carbons (Fsp3) is 0.667. The van der Waals surface area contributed by atoms with Crippen LogP contribution in [0.3, 0.4) is 0 Å². The van der Waals surface area contributed by atoms with Gasteiger partial charge in [0.25, 0.3) is 0 Å². The van der Waals surface area contributed by atoms with Gasteiger partial charge in [0.15, 0.2) is 0 Å². The van der Waals surface area contributed by atoms with Crippen LogP contribution in [0.1, 0.15) is 17.0 Å². The number of nitrogens with zero attached hydrogens (tertiary/aromatic N) is 1. The molecule has 2 aromatic carbocycles. The number of terminal acetylenes is 1. The smallest absolute Gasteiger partial charge is 0.409 e. The average molecular weight is 864 g/mol. The summed E-state index contributed by atoms with van der Waals surface area (Å²) < 4.78 is 76.7. The molecule has 16 nitrogen and oxygen atoms in total. The molecule has 0 saturated carbocycles. The fourth-order valence-electron chi connectivity index (χ4n) is 5.77. The molecule has 0 aromatic heterocycles. The van der Waals surface area contributed by atoms with Gasteiger partial charge in [0.2, 0.25) is 0 Å². The molecule has 0 spiro atoms. The van der Waals surface area contributed by atoms with Crippen molar-refractivity contribution in [1.82, 2.24) is 4.90 Å². The van der Waals surface area contributed by atoms with Crippen LogP contribution in [0.25, 0.3) is 11.1 Å². The molecule has 0 heterocycles. The molecule has 1 aliphatic rings. The standard InChI is InChI=1S/C45H69NO15/c1-3-13-48-15-17-50-19-21-52-23-25-54-27-29-56-31-33-58-35-37-60-38-36-59-34-32-57-30-28-55-26-24-53-22-20-51-18-16-49-14-12-46(2)45(47)61-39-44-42-10-6-4-8-40(42)41-9-5-7-11-43(41)44/h1,4-11,44H,12-39H2,2H3. The maximum absolute atomic E-state index is 12.6. The quantitative estimate of drug-likeness (QED) is 0.0705. The Kier molecular flexibility index (Phi) is 31.9. The van der Waals surface area contributed by atoms with Crippen LogP contribution < -0.4 is 0 Å². The van der Waals surface area contributed by atoms with E-state index < -0.39 is 0 Å². The number of amides is 1. The summed E-state index contributed by atoms with van der Waals surface area (Å²) >= 11 is 0. The van der Waals surface area contributed by atoms with Gasteiger partial charge in [-0.15, -0.1) is 6.42 Å². The van der Waals surface area contributed by atoms with Crippen molar-refractivity contribution in [2.75, 3.05) is 192 Å². The summed E-state index contributed by atoms with van der Waals surface area (Å²) in [4.78, 5) is 14.2. The van der Waals surface area contributed by atoms with Crippen molar-refractivity contribution in [3.05, 3.63) is 59.7 Å². The van der Waals surface area contributed by atoms with Gasteiger partial charge in [-0.2, -0.15) is 0 Å². The number of ether oxygens (including phenoxy) is 14. The molecule has 0 aliphatic heterocycles. The van der Waals surface area contributed by atoms with E-state index in [0.29, 0.717) is 185 Å². The van der Waals surface area contributed by atoms with E-state index in [9.17, 15) is 4.79 Å². The zero-order valence-electron chi connectivity index (χ0n) is 36.1. The maximum Gasteiger partial charge on any atom is 0.409 e. The van der Waals surface area contributed by atoms with Crippen LogP contribution in [0, 0.1) is 12.3 Å². The lowest BCUT2D eigenvalue weighted by molar-refractivity contribution is -0.0289. The van der Waals surface area contributed by atoms with Crippen molar-refractivity contribution in [3.63, 3.8) is 0 Å². The molecule has 0 N–H and O–H groups in total. The van der Waals surface area contributed by atoms with Crippen LogP contribution >= 0.6 is 0 Å². The lowest BCUT2D eigenvalue weighted by Gasteiger charge is -2.19. The predicted octanol–water partition coefficient (Wildman–Crippen LogP) is 3.72. The monoisotopic (exact) mass is 863 g/mol. The molecule has 3 rings (SSSR count). The highest BCUT2D eigenvalue weighted by molar-refractivity contribution is 5.79. The van der Waals surface area contributed by atoms with Crippen LogP contribution in [0.2, 0.25) is 0 Å². The van der Waals surface area contributed by atoms with Crippen LogP contribution in [-0.4, -0.2) is 203 Å². The van der Waals surface area contributed by atoms with Crippen LogP contribution in [0.4, 0.5) is 4.79 Å². The first-order chi connectivity index (χ1) is 30.2. The molecule has 1 aliphatic carbocycles. The summed E-state index contributed by atoms with van der Waals surface area (Å²) in [5, 5.41) is 0.